The van der Waals surface area contributed by atoms with Crippen molar-refractivity contribution in [3.63, 3.8) is 0 Å². The molecule has 1 fully saturated rings. The van der Waals surface area contributed by atoms with Gasteiger partial charge in [-0.2, -0.15) is 0 Å². The summed E-state index contributed by atoms with van der Waals surface area (Å²) in [6.45, 7) is 6.28. The van der Waals surface area contributed by atoms with Crippen LogP contribution in [0.15, 0.2) is 0 Å². The third-order valence-electron chi connectivity index (χ3n) is 1.84. The monoisotopic (exact) mass is 199 g/mol. The minimum absolute atomic E-state index is 0.118. The van der Waals surface area contributed by atoms with Gasteiger partial charge in [-0.3, -0.25) is 4.79 Å². The maximum absolute atomic E-state index is 11.6. The smallest absolute Gasteiger partial charge is 0.315 e. The lowest BCUT2D eigenvalue weighted by molar-refractivity contribution is -0.124. The Bertz CT molecular complexity index is 245. The van der Waals surface area contributed by atoms with E-state index in [1.165, 1.54) is 0 Å². The Morgan fingerprint density at radius 3 is 2.64 bits per heavy atom. The lowest BCUT2D eigenvalue weighted by Gasteiger charge is -2.27. The Morgan fingerprint density at radius 1 is 1.50 bits per heavy atom. The summed E-state index contributed by atoms with van der Waals surface area (Å²) in [4.78, 5) is 22.5. The van der Waals surface area contributed by atoms with Gasteiger partial charge in [0.1, 0.15) is 6.04 Å². The molecule has 0 spiro atoms. The highest BCUT2D eigenvalue weighted by Crippen LogP contribution is 2.02. The third kappa shape index (κ3) is 3.24. The molecular formula is C9H17N3O2. The zero-order valence-corrected chi connectivity index (χ0v) is 8.81. The molecule has 1 aliphatic heterocycles. The van der Waals surface area contributed by atoms with Gasteiger partial charge in [0, 0.05) is 12.1 Å². The first-order valence-corrected chi connectivity index (χ1v) is 4.75. The predicted octanol–water partition coefficient (Wildman–Crippen LogP) is -0.0274. The Labute approximate surface area is 83.6 Å². The molecule has 3 N–H and O–H groups in total. The van der Waals surface area contributed by atoms with Gasteiger partial charge < -0.3 is 16.0 Å². The molecule has 5 nitrogen and oxygen atoms in total. The molecule has 5 heteroatoms. The van der Waals surface area contributed by atoms with E-state index in [4.69, 9.17) is 0 Å². The van der Waals surface area contributed by atoms with Gasteiger partial charge in [0.05, 0.1) is 0 Å². The van der Waals surface area contributed by atoms with Crippen molar-refractivity contribution in [2.45, 2.75) is 38.8 Å². The fourth-order valence-electron chi connectivity index (χ4n) is 1.26. The minimum Gasteiger partial charge on any atom is -0.350 e. The molecular weight excluding hydrogens is 182 g/mol. The first kappa shape index (κ1) is 10.8. The van der Waals surface area contributed by atoms with Crippen molar-refractivity contribution in [1.29, 1.82) is 0 Å². The average molecular weight is 199 g/mol. The fourth-order valence-corrected chi connectivity index (χ4v) is 1.26. The Morgan fingerprint density at radius 2 is 2.14 bits per heavy atom. The van der Waals surface area contributed by atoms with Crippen LogP contribution in [0.2, 0.25) is 0 Å². The lowest BCUT2D eigenvalue weighted by Crippen LogP contribution is -2.57. The van der Waals surface area contributed by atoms with Crippen LogP contribution in [-0.2, 0) is 4.79 Å². The molecule has 0 aliphatic carbocycles. The number of carbonyl (C=O) groups excluding carboxylic acids is 2. The van der Waals surface area contributed by atoms with E-state index in [2.05, 4.69) is 16.0 Å². The molecule has 1 unspecified atom stereocenters. The molecule has 0 bridgehead atoms. The maximum atomic E-state index is 11.6. The summed E-state index contributed by atoms with van der Waals surface area (Å²) in [5, 5.41) is 8.00. The summed E-state index contributed by atoms with van der Waals surface area (Å²) >= 11 is 0. The maximum Gasteiger partial charge on any atom is 0.315 e. The van der Waals surface area contributed by atoms with E-state index in [0.717, 1.165) is 0 Å². The molecule has 14 heavy (non-hydrogen) atoms. The molecule has 1 heterocycles. The summed E-state index contributed by atoms with van der Waals surface area (Å²) in [6.07, 6.45) is 0.633. The number of rotatable bonds is 1. The van der Waals surface area contributed by atoms with Crippen LogP contribution in [-0.4, -0.2) is 30.1 Å². The second kappa shape index (κ2) is 3.86. The summed E-state index contributed by atoms with van der Waals surface area (Å²) < 4.78 is 0. The highest BCUT2D eigenvalue weighted by molar-refractivity contribution is 5.88. The van der Waals surface area contributed by atoms with Gasteiger partial charge in [-0.25, -0.2) is 4.79 Å². The van der Waals surface area contributed by atoms with Crippen LogP contribution in [0.3, 0.4) is 0 Å². The quantitative estimate of drug-likeness (QED) is 0.555. The van der Waals surface area contributed by atoms with Gasteiger partial charge in [0.2, 0.25) is 5.91 Å². The topological polar surface area (TPSA) is 70.2 Å². The second-order valence-electron chi connectivity index (χ2n) is 4.48. The number of carbonyl (C=O) groups is 2. The number of amides is 3. The van der Waals surface area contributed by atoms with Crippen molar-refractivity contribution >= 4 is 11.9 Å². The Balaban J connectivity index is 2.48. The first-order valence-electron chi connectivity index (χ1n) is 4.75. The van der Waals surface area contributed by atoms with Gasteiger partial charge in [-0.05, 0) is 27.2 Å². The van der Waals surface area contributed by atoms with Crippen LogP contribution in [0.4, 0.5) is 4.79 Å². The second-order valence-corrected chi connectivity index (χ2v) is 4.48. The van der Waals surface area contributed by atoms with Gasteiger partial charge in [0.15, 0.2) is 0 Å². The van der Waals surface area contributed by atoms with E-state index in [9.17, 15) is 9.59 Å². The molecule has 0 aromatic rings. The number of urea groups is 1. The Hall–Kier alpha value is -1.26. The van der Waals surface area contributed by atoms with Crippen molar-refractivity contribution in [3.05, 3.63) is 0 Å². The van der Waals surface area contributed by atoms with Crippen molar-refractivity contribution in [2.75, 3.05) is 6.54 Å². The molecule has 0 aromatic heterocycles. The molecule has 1 aliphatic rings. The van der Waals surface area contributed by atoms with Gasteiger partial charge >= 0.3 is 6.03 Å². The van der Waals surface area contributed by atoms with E-state index in [1.54, 1.807) is 0 Å². The van der Waals surface area contributed by atoms with E-state index >= 15 is 0 Å². The summed E-state index contributed by atoms with van der Waals surface area (Å²) in [5.41, 5.74) is -0.257. The van der Waals surface area contributed by atoms with E-state index in [1.807, 2.05) is 20.8 Å². The summed E-state index contributed by atoms with van der Waals surface area (Å²) in [5.74, 6) is -0.118. The van der Waals surface area contributed by atoms with Gasteiger partial charge in [0.25, 0.3) is 0 Å². The third-order valence-corrected chi connectivity index (χ3v) is 1.84. The molecule has 1 saturated heterocycles. The highest BCUT2D eigenvalue weighted by Gasteiger charge is 2.26. The van der Waals surface area contributed by atoms with Crippen LogP contribution in [0, 0.1) is 0 Å². The van der Waals surface area contributed by atoms with Crippen molar-refractivity contribution < 1.29 is 9.59 Å². The number of hydrogen-bond acceptors (Lipinski definition) is 2. The molecule has 0 radical (unpaired) electrons. The largest absolute Gasteiger partial charge is 0.350 e. The first-order chi connectivity index (χ1) is 6.38. The fraction of sp³-hybridized carbons (Fsp3) is 0.778. The standard InChI is InChI=1S/C9H17N3O2/c1-9(2,3)12-7(13)6-4-5-10-8(14)11-6/h6H,4-5H2,1-3H3,(H,12,13)(H2,10,11,14). The van der Waals surface area contributed by atoms with Gasteiger partial charge in [-0.1, -0.05) is 0 Å². The zero-order valence-electron chi connectivity index (χ0n) is 8.81. The molecule has 1 rings (SSSR count). The SMILES string of the molecule is CC(C)(C)NC(=O)C1CCNC(=O)N1. The van der Waals surface area contributed by atoms with Crippen molar-refractivity contribution in [3.8, 4) is 0 Å². The highest BCUT2D eigenvalue weighted by atomic mass is 16.2. The minimum atomic E-state index is -0.400. The van der Waals surface area contributed by atoms with Crippen molar-refractivity contribution in [2.24, 2.45) is 0 Å². The molecule has 0 aromatic carbocycles. The summed E-state index contributed by atoms with van der Waals surface area (Å²) in [7, 11) is 0. The van der Waals surface area contributed by atoms with E-state index < -0.39 is 6.04 Å². The van der Waals surface area contributed by atoms with Gasteiger partial charge in [-0.15, -0.1) is 0 Å². The average Bonchev–Trinajstić information content (AvgIpc) is 2.01. The van der Waals surface area contributed by atoms with Crippen LogP contribution < -0.4 is 16.0 Å². The summed E-state index contributed by atoms with van der Waals surface area (Å²) in [6, 6.07) is -0.673. The molecule has 1 atom stereocenters. The number of hydrogen-bond donors (Lipinski definition) is 3. The normalized spacial score (nSPS) is 22.2. The van der Waals surface area contributed by atoms with Crippen LogP contribution >= 0.6 is 0 Å². The predicted molar refractivity (Wildman–Crippen MR) is 52.8 cm³/mol. The lowest BCUT2D eigenvalue weighted by atomic mass is 10.1. The molecule has 0 saturated carbocycles. The Kier molecular flexibility index (Phi) is 2.98. The van der Waals surface area contributed by atoms with Crippen LogP contribution in [0.1, 0.15) is 27.2 Å². The van der Waals surface area contributed by atoms with E-state index in [0.29, 0.717) is 13.0 Å². The van der Waals surface area contributed by atoms with Crippen LogP contribution in [0.25, 0.3) is 0 Å². The zero-order chi connectivity index (χ0) is 10.8. The number of nitrogens with one attached hydrogen (secondary N) is 3. The molecule has 3 amide bonds. The molecule has 80 valence electrons. The van der Waals surface area contributed by atoms with Crippen LogP contribution in [0.5, 0.6) is 0 Å². The van der Waals surface area contributed by atoms with Crippen molar-refractivity contribution in [1.82, 2.24) is 16.0 Å². The van der Waals surface area contributed by atoms with E-state index in [-0.39, 0.29) is 17.5 Å².